The highest BCUT2D eigenvalue weighted by molar-refractivity contribution is 6.03. The Labute approximate surface area is 855 Å². The third kappa shape index (κ3) is 31.4. The van der Waals surface area contributed by atoms with Gasteiger partial charge < -0.3 is 142 Å². The number of fused-ring (bicyclic) bond motifs is 3. The van der Waals surface area contributed by atoms with Gasteiger partial charge in [0.05, 0.1) is 44.8 Å². The lowest BCUT2D eigenvalue weighted by atomic mass is 10.00. The van der Waals surface area contributed by atoms with Crippen molar-refractivity contribution in [3.63, 3.8) is 0 Å². The van der Waals surface area contributed by atoms with Gasteiger partial charge in [-0.1, -0.05) is 140 Å². The number of hydrogen-bond acceptors (Lipinski definition) is 24. The molecular formula is C103H117N23O24. The van der Waals surface area contributed by atoms with Gasteiger partial charge in [-0.3, -0.25) is 86.3 Å². The Bertz CT molecular complexity index is 6720. The molecule has 1 aliphatic heterocycles. The van der Waals surface area contributed by atoms with Crippen molar-refractivity contribution in [1.82, 2.24) is 104 Å². The number of aliphatic carboxylic acids is 2. The topological polar surface area (TPSA) is 751 Å². The van der Waals surface area contributed by atoms with Crippen LogP contribution in [0.25, 0.3) is 32.7 Å². The maximum absolute atomic E-state index is 15.5. The number of rotatable bonds is 53. The summed E-state index contributed by atoms with van der Waals surface area (Å²) in [5.41, 5.74) is 21.8. The zero-order chi connectivity index (χ0) is 108. The number of H-pyrrole nitrogens is 4. The van der Waals surface area contributed by atoms with Gasteiger partial charge in [0.1, 0.15) is 96.1 Å². The molecule has 17 amide bonds. The summed E-state index contributed by atoms with van der Waals surface area (Å²) in [6.45, 7) is 0.696. The van der Waals surface area contributed by atoms with E-state index in [9.17, 15) is 87.9 Å². The summed E-state index contributed by atoms with van der Waals surface area (Å²) in [5.74, 6) is -21.5. The molecule has 4 aromatic heterocycles. The average Bonchev–Trinajstić information content (AvgIpc) is 1.67. The summed E-state index contributed by atoms with van der Waals surface area (Å²) < 4.78 is 0. The van der Waals surface area contributed by atoms with E-state index in [4.69, 9.17) is 17.2 Å². The molecule has 11 aromatic rings. The van der Waals surface area contributed by atoms with Gasteiger partial charge in [0.15, 0.2) is 0 Å². The maximum atomic E-state index is 15.5. The van der Waals surface area contributed by atoms with Crippen molar-refractivity contribution < 1.29 is 117 Å². The Hall–Kier alpha value is -18.2. The molecule has 150 heavy (non-hydrogen) atoms. The second-order valence-corrected chi connectivity index (χ2v) is 36.2. The van der Waals surface area contributed by atoms with Crippen LogP contribution < -0.4 is 91.6 Å². The molecule has 788 valence electrons. The number of carbonyl (C=O) groups excluding carboxylic acids is 17. The number of nitrogens with two attached hydrogens (primary N) is 3. The van der Waals surface area contributed by atoms with Crippen LogP contribution in [0.5, 0.6) is 11.5 Å². The molecule has 5 heterocycles. The first-order valence-electron chi connectivity index (χ1n) is 48.0. The first-order chi connectivity index (χ1) is 71.8. The zero-order valence-electron chi connectivity index (χ0n) is 81.3. The highest BCUT2D eigenvalue weighted by Gasteiger charge is 2.43. The number of carboxylic acid groups (broad SMARTS) is 2. The predicted molar refractivity (Wildman–Crippen MR) is 539 cm³/mol. The van der Waals surface area contributed by atoms with Gasteiger partial charge in [-0.2, -0.15) is 0 Å². The minimum absolute atomic E-state index is 0.0929. The molecule has 15 atom stereocenters. The summed E-state index contributed by atoms with van der Waals surface area (Å²) >= 11 is 0. The molecule has 29 N–H and O–H groups in total. The van der Waals surface area contributed by atoms with Gasteiger partial charge in [0.2, 0.25) is 100 Å². The quantitative estimate of drug-likeness (QED) is 0.0189. The normalized spacial score (nSPS) is 15.0. The number of carboxylic acids is 2. The van der Waals surface area contributed by atoms with Crippen molar-refractivity contribution in [2.24, 2.45) is 17.2 Å². The molecule has 1 saturated heterocycles. The van der Waals surface area contributed by atoms with E-state index in [0.29, 0.717) is 77.3 Å². The molecule has 12 rings (SSSR count). The number of para-hydroxylation sites is 3. The third-order valence-electron chi connectivity index (χ3n) is 25.0. The molecule has 0 aliphatic carbocycles. The minimum Gasteiger partial charge on any atom is -0.508 e. The second kappa shape index (κ2) is 52.6. The monoisotopic (exact) mass is 2060 g/mol. The van der Waals surface area contributed by atoms with Crippen LogP contribution in [0.1, 0.15) is 90.6 Å². The summed E-state index contributed by atoms with van der Waals surface area (Å²) in [5, 5.41) is 89.4. The van der Waals surface area contributed by atoms with E-state index in [1.165, 1.54) is 74.2 Å². The number of phenolic OH excluding ortho intramolecular Hbond substituents is 2. The summed E-state index contributed by atoms with van der Waals surface area (Å²) in [6.07, 6.45) is 0.270. The number of likely N-dealkylation sites (tertiary alicyclic amines) is 1. The van der Waals surface area contributed by atoms with E-state index in [0.717, 1.165) is 11.8 Å². The molecule has 1 fully saturated rings. The number of primary amides is 2. The number of nitrogens with one attached hydrogen (secondary N) is 18. The number of phenols is 2. The maximum Gasteiger partial charge on any atom is 0.326 e. The van der Waals surface area contributed by atoms with Crippen LogP contribution in [0.15, 0.2) is 213 Å². The number of aromatic amines is 4. The fourth-order valence-corrected chi connectivity index (χ4v) is 17.3. The van der Waals surface area contributed by atoms with Crippen molar-refractivity contribution >= 4 is 145 Å². The van der Waals surface area contributed by atoms with Gasteiger partial charge in [-0.15, -0.1) is 0 Å². The van der Waals surface area contributed by atoms with E-state index >= 15 is 28.8 Å². The fraction of sp³-hybridized carbons (Fsp3) is 0.320. The van der Waals surface area contributed by atoms with Gasteiger partial charge in [0.25, 0.3) is 0 Å². The van der Waals surface area contributed by atoms with Gasteiger partial charge in [-0.25, -0.2) is 9.78 Å². The van der Waals surface area contributed by atoms with Crippen LogP contribution >= 0.6 is 0 Å². The predicted octanol–water partition coefficient (Wildman–Crippen LogP) is -2.41. The molecule has 47 nitrogen and oxygen atoms in total. The van der Waals surface area contributed by atoms with Crippen LogP contribution in [-0.4, -0.2) is 278 Å². The molecule has 0 bridgehead atoms. The van der Waals surface area contributed by atoms with Crippen molar-refractivity contribution in [2.75, 3.05) is 19.6 Å². The van der Waals surface area contributed by atoms with Crippen LogP contribution in [-0.2, 0) is 142 Å². The standard InChI is InChI=1S/C103H117N23O24/c1-54(113-101(147)89(55(2)127)125-87(133)52-111-90(136)78(43-63-51-107-53-112-63)121-96(142)77(41-61-49-109-70-24-13-10-21-67(61)70)119-97(143)79(44-84(105)130)114-86(132)47-104)102(148)126-35-15-26-83(126)100(146)123-81(46-88(134)135)99(145)120-76(40-60-48-108-69-23-12-9-20-66(60)69)95(141)117-72(36-56-16-5-3-6-17-56)91(137)115-73(37-57-18-7-4-8-19-57)93(139)122-80(45-85(106)131)98(144)118-74(38-58-27-31-64(128)32-28-58)92(138)116-75(39-59-29-33-65(129)34-30-59)94(140)124-82(103(149)150)42-62-50-110-71-25-14-11-22-68(62)71/h3-14,16-25,27-34,48-51,53-55,72-83,89,108-110,127-129H,15,26,35-47,52,104H2,1-2H3,(H2,105,130)(H2,106,131)(H,107,112)(H,111,136)(H,113,147)(H,114,132)(H,115,137)(H,116,138)(H,117,141)(H,118,144)(H,119,143)(H,120,145)(H,121,142)(H,122,139)(H,123,146)(H,124,140)(H,125,133)(H,134,135)(H,149,150)/t54-,55+,72-,73-,74-,75-,76-,77-,78-,79-,80-,81-,82-,83-,89-/m0/s1. The number of aliphatic hydroxyl groups excluding tert-OH is 1. The third-order valence-corrected chi connectivity index (χ3v) is 25.0. The number of nitrogens with zero attached hydrogens (tertiary/aromatic N) is 2. The lowest BCUT2D eigenvalue weighted by Crippen LogP contribution is -2.62. The number of amides is 17. The first kappa shape index (κ1) is 111. The number of benzene rings is 7. The summed E-state index contributed by atoms with van der Waals surface area (Å²) in [6, 6.07) is 24.3. The van der Waals surface area contributed by atoms with E-state index in [2.05, 4.69) is 99.4 Å². The van der Waals surface area contributed by atoms with Crippen molar-refractivity contribution in [3.05, 3.63) is 258 Å². The number of hydrogen-bond donors (Lipinski definition) is 26. The zero-order valence-corrected chi connectivity index (χ0v) is 81.3. The molecule has 0 unspecified atom stereocenters. The smallest absolute Gasteiger partial charge is 0.326 e. The Balaban J connectivity index is 0.726. The Morgan fingerprint density at radius 3 is 1.11 bits per heavy atom. The number of carbonyl (C=O) groups is 19. The number of aliphatic hydroxyl groups is 1. The lowest BCUT2D eigenvalue weighted by Gasteiger charge is -2.30. The fourth-order valence-electron chi connectivity index (χ4n) is 17.3. The van der Waals surface area contributed by atoms with Crippen molar-refractivity contribution in [2.45, 2.75) is 188 Å². The van der Waals surface area contributed by atoms with E-state index in [1.54, 1.807) is 146 Å². The number of aromatic hydroxyl groups is 2. The van der Waals surface area contributed by atoms with E-state index in [1.807, 2.05) is 0 Å². The Morgan fingerprint density at radius 2 is 0.733 bits per heavy atom. The molecule has 1 aliphatic rings. The minimum atomic E-state index is -2.04. The Morgan fingerprint density at radius 1 is 0.380 bits per heavy atom. The molecule has 0 radical (unpaired) electrons. The van der Waals surface area contributed by atoms with E-state index in [-0.39, 0.29) is 69.4 Å². The van der Waals surface area contributed by atoms with E-state index < -0.39 is 248 Å². The Kier molecular flexibility index (Phi) is 38.8. The summed E-state index contributed by atoms with van der Waals surface area (Å²) in [4.78, 5) is 286. The van der Waals surface area contributed by atoms with Gasteiger partial charge >= 0.3 is 11.9 Å². The largest absolute Gasteiger partial charge is 0.508 e. The lowest BCUT2D eigenvalue weighted by molar-refractivity contribution is -0.144. The SMILES string of the molecule is C[C@H](NC(=O)[C@@H](NC(=O)CNC(=O)[C@H](Cc1cnc[nH]1)NC(=O)[C@H](Cc1c[nH]c2ccccc12)NC(=O)[C@H](CC(N)=O)NC(=O)CN)[C@@H](C)O)C(=O)N1CCC[C@H]1C(=O)N[C@@H](CC(=O)O)C(=O)N[C@@H](Cc1c[nH]c2ccccc12)C(=O)N[C@@H](Cc1ccccc1)C(=O)N[C@@H](Cc1ccccc1)C(=O)N[C@@H](CC(N)=O)C(=O)N[C@@H](Cc1ccc(O)cc1)C(=O)N[C@@H](Cc1ccc(O)cc1)C(=O)N[C@@H](Cc1c[nH]c2ccccc12)C(=O)O. The first-order valence-corrected chi connectivity index (χ1v) is 48.0. The highest BCUT2D eigenvalue weighted by atomic mass is 16.4. The molecule has 7 aromatic carbocycles. The van der Waals surface area contributed by atoms with Crippen LogP contribution in [0.2, 0.25) is 0 Å². The van der Waals surface area contributed by atoms with Gasteiger partial charge in [-0.05, 0) is 108 Å². The molecule has 0 saturated carbocycles. The van der Waals surface area contributed by atoms with Crippen LogP contribution in [0, 0.1) is 0 Å². The second-order valence-electron chi connectivity index (χ2n) is 36.2. The summed E-state index contributed by atoms with van der Waals surface area (Å²) in [7, 11) is 0. The molecule has 0 spiro atoms. The van der Waals surface area contributed by atoms with Gasteiger partial charge in [0, 0.05) is 121 Å². The average molecular weight is 2060 g/mol. The molecular weight excluding hydrogens is 1940 g/mol. The number of aromatic nitrogens is 5. The number of imidazole rings is 1. The van der Waals surface area contributed by atoms with Crippen LogP contribution in [0.3, 0.4) is 0 Å². The van der Waals surface area contributed by atoms with Crippen molar-refractivity contribution in [1.29, 1.82) is 0 Å². The van der Waals surface area contributed by atoms with Crippen molar-refractivity contribution in [3.8, 4) is 11.5 Å². The highest BCUT2D eigenvalue weighted by Crippen LogP contribution is 2.26. The van der Waals surface area contributed by atoms with Crippen LogP contribution in [0.4, 0.5) is 0 Å². The molecule has 47 heteroatoms.